The molecule has 3 aromatic heterocycles. The number of nitrogens with one attached hydrogen (secondary N) is 1. The molecule has 3 aromatic rings. The van der Waals surface area contributed by atoms with Crippen molar-refractivity contribution < 1.29 is 22.4 Å². The first-order valence-corrected chi connectivity index (χ1v) is 11.2. The molecule has 3 fully saturated rings. The number of carbonyl (C=O) groups excluding carboxylic acids is 1. The highest BCUT2D eigenvalue weighted by atomic mass is 19.4. The number of nitrogens with zero attached hydrogens (tertiary/aromatic N) is 5. The third-order valence-corrected chi connectivity index (χ3v) is 7.37. The Bertz CT molecular complexity index is 1310. The van der Waals surface area contributed by atoms with Gasteiger partial charge in [0.05, 0.1) is 29.6 Å². The molecule has 1 N–H and O–H groups in total. The third kappa shape index (κ3) is 3.52. The molecule has 7 nitrogen and oxygen atoms in total. The Balaban J connectivity index is 1.27. The molecule has 1 saturated heterocycles. The minimum absolute atomic E-state index is 0.0447. The van der Waals surface area contributed by atoms with Gasteiger partial charge in [-0.15, -0.1) is 0 Å². The molecule has 0 aromatic carbocycles. The van der Waals surface area contributed by atoms with Gasteiger partial charge < -0.3 is 10.2 Å². The first-order valence-electron chi connectivity index (χ1n) is 11.2. The zero-order chi connectivity index (χ0) is 24.5. The lowest BCUT2D eigenvalue weighted by molar-refractivity contribution is -0.137. The van der Waals surface area contributed by atoms with Crippen LogP contribution in [0.2, 0.25) is 0 Å². The number of rotatable bonds is 4. The van der Waals surface area contributed by atoms with Crippen LogP contribution in [0.1, 0.15) is 34.3 Å². The number of aromatic nitrogens is 4. The third-order valence-electron chi connectivity index (χ3n) is 7.37. The van der Waals surface area contributed by atoms with Gasteiger partial charge in [-0.2, -0.15) is 13.2 Å². The number of likely N-dealkylation sites (tertiary alicyclic amines) is 1. The number of pyridine rings is 2. The van der Waals surface area contributed by atoms with E-state index in [-0.39, 0.29) is 34.9 Å². The van der Waals surface area contributed by atoms with Crippen LogP contribution >= 0.6 is 0 Å². The normalized spacial score (nSPS) is 26.5. The summed E-state index contributed by atoms with van der Waals surface area (Å²) in [5.41, 5.74) is 0.643. The number of amides is 1. The molecule has 2 aliphatic carbocycles. The van der Waals surface area contributed by atoms with Crippen LogP contribution in [0.15, 0.2) is 43.0 Å². The van der Waals surface area contributed by atoms with Crippen LogP contribution in [0.4, 0.5) is 23.4 Å². The van der Waals surface area contributed by atoms with E-state index in [0.29, 0.717) is 23.8 Å². The fourth-order valence-electron chi connectivity index (χ4n) is 5.69. The Morgan fingerprint density at radius 1 is 1.09 bits per heavy atom. The van der Waals surface area contributed by atoms with Crippen LogP contribution in [0.3, 0.4) is 0 Å². The average Bonchev–Trinajstić information content (AvgIpc) is 3.47. The smallest absolute Gasteiger partial charge is 0.365 e. The molecule has 0 radical (unpaired) electrons. The number of carbonyl (C=O) groups is 1. The van der Waals surface area contributed by atoms with E-state index in [2.05, 4.69) is 25.3 Å². The quantitative estimate of drug-likeness (QED) is 0.561. The largest absolute Gasteiger partial charge is 0.417 e. The summed E-state index contributed by atoms with van der Waals surface area (Å²) in [6.07, 6.45) is 1.88. The summed E-state index contributed by atoms with van der Waals surface area (Å²) in [5, 5.41) is 3.23. The standard InChI is InChI=1S/C24H20F4N6O/c1-12-4-16(19(30-7-12)21-31-9-15(25)10-32-21)22(35)34-11-14-5-23(14)6-17(20(23)34)33-18-3-2-13(8-29-18)24(26,27)28/h2-4,7-10,14,17,20H,5-6,11H2,1H3,(H,29,33). The molecule has 1 aliphatic heterocycles. The lowest BCUT2D eigenvalue weighted by atomic mass is 9.71. The molecule has 4 unspecified atom stereocenters. The zero-order valence-corrected chi connectivity index (χ0v) is 18.6. The summed E-state index contributed by atoms with van der Waals surface area (Å²) in [5.74, 6) is 0.0968. The molecular formula is C24H20F4N6O. The molecule has 6 rings (SSSR count). The van der Waals surface area contributed by atoms with Gasteiger partial charge in [0.25, 0.3) is 5.91 Å². The maximum absolute atomic E-state index is 13.8. The van der Waals surface area contributed by atoms with Crippen LogP contribution in [0.5, 0.6) is 0 Å². The summed E-state index contributed by atoms with van der Waals surface area (Å²) in [6.45, 7) is 2.42. The van der Waals surface area contributed by atoms with Crippen LogP contribution in [-0.2, 0) is 6.18 Å². The maximum Gasteiger partial charge on any atom is 0.417 e. The topological polar surface area (TPSA) is 83.9 Å². The van der Waals surface area contributed by atoms with Gasteiger partial charge in [0.15, 0.2) is 11.6 Å². The zero-order valence-electron chi connectivity index (χ0n) is 18.6. The molecule has 0 bridgehead atoms. The minimum atomic E-state index is -4.45. The van der Waals surface area contributed by atoms with Gasteiger partial charge in [-0.3, -0.25) is 9.78 Å². The van der Waals surface area contributed by atoms with Crippen molar-refractivity contribution in [3.05, 3.63) is 65.5 Å². The van der Waals surface area contributed by atoms with Crippen molar-refractivity contribution in [1.29, 1.82) is 0 Å². The molecule has 11 heteroatoms. The first kappa shape index (κ1) is 21.9. The van der Waals surface area contributed by atoms with Gasteiger partial charge in [0.1, 0.15) is 11.5 Å². The van der Waals surface area contributed by atoms with E-state index in [0.717, 1.165) is 43.1 Å². The van der Waals surface area contributed by atoms with Crippen LogP contribution in [0, 0.1) is 24.1 Å². The maximum atomic E-state index is 13.8. The number of aryl methyl sites for hydroxylation is 1. The SMILES string of the molecule is Cc1cnc(-c2ncc(F)cn2)c(C(=O)N2CC3CC34CC(Nc3ccc(C(F)(F)F)cn3)C24)c1. The lowest BCUT2D eigenvalue weighted by Crippen LogP contribution is -2.60. The number of halogens is 4. The minimum Gasteiger partial charge on any atom is -0.365 e. The van der Waals surface area contributed by atoms with E-state index < -0.39 is 17.6 Å². The number of hydrogen-bond acceptors (Lipinski definition) is 6. The average molecular weight is 484 g/mol. The van der Waals surface area contributed by atoms with E-state index in [1.807, 2.05) is 11.8 Å². The van der Waals surface area contributed by atoms with Gasteiger partial charge in [-0.25, -0.2) is 19.3 Å². The fourth-order valence-corrected chi connectivity index (χ4v) is 5.69. The van der Waals surface area contributed by atoms with E-state index in [1.54, 1.807) is 12.3 Å². The molecule has 2 saturated carbocycles. The number of alkyl halides is 3. The molecule has 4 heterocycles. The first-order chi connectivity index (χ1) is 16.7. The summed E-state index contributed by atoms with van der Waals surface area (Å²) < 4.78 is 51.9. The summed E-state index contributed by atoms with van der Waals surface area (Å²) >= 11 is 0. The predicted molar refractivity (Wildman–Crippen MR) is 117 cm³/mol. The highest BCUT2D eigenvalue weighted by molar-refractivity contribution is 6.00. The highest BCUT2D eigenvalue weighted by Gasteiger charge is 2.75. The van der Waals surface area contributed by atoms with Crippen LogP contribution in [0.25, 0.3) is 11.5 Å². The van der Waals surface area contributed by atoms with Crippen molar-refractivity contribution in [1.82, 2.24) is 24.8 Å². The van der Waals surface area contributed by atoms with Crippen molar-refractivity contribution in [3.8, 4) is 11.5 Å². The van der Waals surface area contributed by atoms with Gasteiger partial charge >= 0.3 is 6.18 Å². The predicted octanol–water partition coefficient (Wildman–Crippen LogP) is 4.12. The fraction of sp³-hybridized carbons (Fsp3) is 0.375. The van der Waals surface area contributed by atoms with E-state index in [9.17, 15) is 22.4 Å². The van der Waals surface area contributed by atoms with Crippen molar-refractivity contribution in [2.75, 3.05) is 11.9 Å². The Kier molecular flexibility index (Phi) is 4.64. The number of piperidine rings is 1. The molecular weight excluding hydrogens is 464 g/mol. The Hall–Kier alpha value is -3.63. The van der Waals surface area contributed by atoms with Crippen LogP contribution in [-0.4, -0.2) is 49.4 Å². The molecule has 1 spiro atoms. The molecule has 1 amide bonds. The second-order valence-corrected chi connectivity index (χ2v) is 9.56. The van der Waals surface area contributed by atoms with Crippen LogP contribution < -0.4 is 5.32 Å². The van der Waals surface area contributed by atoms with Crippen molar-refractivity contribution >= 4 is 11.7 Å². The second kappa shape index (κ2) is 7.43. The van der Waals surface area contributed by atoms with Gasteiger partial charge in [-0.1, -0.05) is 0 Å². The molecule has 35 heavy (non-hydrogen) atoms. The summed E-state index contributed by atoms with van der Waals surface area (Å²) in [6, 6.07) is 3.81. The Morgan fingerprint density at radius 3 is 2.54 bits per heavy atom. The molecule has 3 aliphatic rings. The van der Waals surface area contributed by atoms with Crippen molar-refractivity contribution in [2.45, 2.75) is 38.0 Å². The van der Waals surface area contributed by atoms with Gasteiger partial charge in [0.2, 0.25) is 0 Å². The Morgan fingerprint density at radius 2 is 1.86 bits per heavy atom. The van der Waals surface area contributed by atoms with Gasteiger partial charge in [0, 0.05) is 25.0 Å². The van der Waals surface area contributed by atoms with E-state index in [1.165, 1.54) is 6.07 Å². The molecule has 4 atom stereocenters. The van der Waals surface area contributed by atoms with E-state index in [4.69, 9.17) is 0 Å². The lowest BCUT2D eigenvalue weighted by Gasteiger charge is -2.48. The number of hydrogen-bond donors (Lipinski definition) is 1. The van der Waals surface area contributed by atoms with Crippen molar-refractivity contribution in [3.63, 3.8) is 0 Å². The summed E-state index contributed by atoms with van der Waals surface area (Å²) in [7, 11) is 0. The Labute approximate surface area is 197 Å². The second-order valence-electron chi connectivity index (χ2n) is 9.56. The van der Waals surface area contributed by atoms with Gasteiger partial charge in [-0.05, 0) is 54.9 Å². The number of anilines is 1. The monoisotopic (exact) mass is 484 g/mol. The summed E-state index contributed by atoms with van der Waals surface area (Å²) in [4.78, 5) is 31.9. The van der Waals surface area contributed by atoms with E-state index >= 15 is 0 Å². The van der Waals surface area contributed by atoms with Crippen molar-refractivity contribution in [2.24, 2.45) is 11.3 Å². The highest BCUT2D eigenvalue weighted by Crippen LogP contribution is 2.71. The molecule has 180 valence electrons.